The minimum absolute atomic E-state index is 0.206. The van der Waals surface area contributed by atoms with Crippen LogP contribution >= 0.6 is 0 Å². The van der Waals surface area contributed by atoms with E-state index in [1.165, 1.54) is 0 Å². The molecule has 1 fully saturated rings. The summed E-state index contributed by atoms with van der Waals surface area (Å²) >= 11 is 0. The van der Waals surface area contributed by atoms with Gasteiger partial charge >= 0.3 is 0 Å². The van der Waals surface area contributed by atoms with Gasteiger partial charge in [0.15, 0.2) is 5.82 Å². The van der Waals surface area contributed by atoms with Crippen LogP contribution in [0.3, 0.4) is 0 Å². The highest BCUT2D eigenvalue weighted by atomic mass is 16.5. The van der Waals surface area contributed by atoms with Crippen molar-refractivity contribution in [3.05, 3.63) is 41.3 Å². The molecule has 3 N–H and O–H groups in total. The summed E-state index contributed by atoms with van der Waals surface area (Å²) in [7, 11) is 1.79. The second-order valence-electron chi connectivity index (χ2n) is 8.04. The Morgan fingerprint density at radius 3 is 2.71 bits per heavy atom. The highest BCUT2D eigenvalue weighted by molar-refractivity contribution is 5.74. The molecule has 2 heterocycles. The van der Waals surface area contributed by atoms with Crippen LogP contribution in [-0.4, -0.2) is 52.6 Å². The second-order valence-corrected chi connectivity index (χ2v) is 8.04. The van der Waals surface area contributed by atoms with Crippen LogP contribution in [0.4, 0.5) is 5.82 Å². The molecule has 8 heteroatoms. The molecule has 0 radical (unpaired) electrons. The second kappa shape index (κ2) is 9.03. The van der Waals surface area contributed by atoms with Gasteiger partial charge in [0.2, 0.25) is 0 Å². The molecule has 1 atom stereocenters. The molecule has 1 unspecified atom stereocenters. The number of nitrogens with zero attached hydrogens (tertiary/aromatic N) is 3. The number of rotatable bonds is 9. The lowest BCUT2D eigenvalue weighted by Crippen LogP contribution is -2.29. The van der Waals surface area contributed by atoms with Crippen molar-refractivity contribution in [1.29, 1.82) is 0 Å². The molecule has 8 nitrogen and oxygen atoms in total. The zero-order valence-corrected chi connectivity index (χ0v) is 18.4. The van der Waals surface area contributed by atoms with Gasteiger partial charge < -0.3 is 25.0 Å². The van der Waals surface area contributed by atoms with Crippen LogP contribution in [0.15, 0.2) is 28.8 Å². The number of likely N-dealkylation sites (N-methyl/N-ethyl adjacent to an activating group) is 1. The predicted molar refractivity (Wildman–Crippen MR) is 119 cm³/mol. The molecule has 0 spiro atoms. The Balaban J connectivity index is 1.71. The number of nitrogens with one attached hydrogen (secondary N) is 2. The van der Waals surface area contributed by atoms with Gasteiger partial charge in [-0.25, -0.2) is 9.97 Å². The van der Waals surface area contributed by atoms with E-state index in [0.717, 1.165) is 52.5 Å². The fourth-order valence-electron chi connectivity index (χ4n) is 3.48. The normalized spacial score (nSPS) is 14.5. The molecule has 0 saturated heterocycles. The summed E-state index contributed by atoms with van der Waals surface area (Å²) in [5, 5.41) is 20.5. The average molecular weight is 424 g/mol. The fourth-order valence-corrected chi connectivity index (χ4v) is 3.48. The van der Waals surface area contributed by atoms with Crippen molar-refractivity contribution < 1.29 is 14.4 Å². The summed E-state index contributed by atoms with van der Waals surface area (Å²) in [5.41, 5.74) is 4.35. The highest BCUT2D eigenvalue weighted by Crippen LogP contribution is 2.35. The Bertz CT molecular complexity index is 1040. The first-order valence-electron chi connectivity index (χ1n) is 10.6. The van der Waals surface area contributed by atoms with E-state index in [1.54, 1.807) is 7.05 Å². The van der Waals surface area contributed by atoms with Crippen molar-refractivity contribution in [3.63, 3.8) is 0 Å². The van der Waals surface area contributed by atoms with Gasteiger partial charge in [-0.3, -0.25) is 0 Å². The molecule has 0 aliphatic heterocycles. The summed E-state index contributed by atoms with van der Waals surface area (Å²) in [4.78, 5) is 9.72. The third kappa shape index (κ3) is 4.86. The minimum Gasteiger partial charge on any atom is -0.491 e. The first-order chi connectivity index (χ1) is 15.0. The molecule has 2 aromatic heterocycles. The number of aromatic nitrogens is 3. The van der Waals surface area contributed by atoms with E-state index >= 15 is 0 Å². The van der Waals surface area contributed by atoms with Gasteiger partial charge in [0.1, 0.15) is 30.0 Å². The summed E-state index contributed by atoms with van der Waals surface area (Å²) in [6, 6.07) is 8.08. The number of anilines is 1. The molecular weight excluding hydrogens is 394 g/mol. The molecule has 1 aliphatic carbocycles. The first-order valence-corrected chi connectivity index (χ1v) is 10.6. The molecule has 0 amide bonds. The summed E-state index contributed by atoms with van der Waals surface area (Å²) in [5.74, 6) is 2.83. The maximum atomic E-state index is 9.91. The fraction of sp³-hybridized carbons (Fsp3) is 0.435. The van der Waals surface area contributed by atoms with E-state index in [9.17, 15) is 5.11 Å². The van der Waals surface area contributed by atoms with E-state index < -0.39 is 6.10 Å². The van der Waals surface area contributed by atoms with Crippen LogP contribution in [0.5, 0.6) is 5.75 Å². The van der Waals surface area contributed by atoms with E-state index in [0.29, 0.717) is 24.2 Å². The molecule has 0 bridgehead atoms. The molecule has 31 heavy (non-hydrogen) atoms. The van der Waals surface area contributed by atoms with Crippen molar-refractivity contribution in [3.8, 4) is 28.4 Å². The lowest BCUT2D eigenvalue weighted by atomic mass is 10.0. The summed E-state index contributed by atoms with van der Waals surface area (Å²) < 4.78 is 11.2. The number of benzene rings is 1. The average Bonchev–Trinajstić information content (AvgIpc) is 3.51. The number of hydrogen-bond donors (Lipinski definition) is 3. The van der Waals surface area contributed by atoms with Gasteiger partial charge in [-0.05, 0) is 52.8 Å². The lowest BCUT2D eigenvalue weighted by molar-refractivity contribution is 0.108. The van der Waals surface area contributed by atoms with Crippen LogP contribution in [0.1, 0.15) is 29.9 Å². The van der Waals surface area contributed by atoms with Crippen molar-refractivity contribution in [1.82, 2.24) is 20.4 Å². The Kier molecular flexibility index (Phi) is 6.20. The number of hydrogen-bond acceptors (Lipinski definition) is 8. The topological polar surface area (TPSA) is 105 Å². The standard InChI is InChI=1S/C23H29N5O3/c1-13-21(20-14(2)28-31-15(20)3)26-23(27-22(13)25-17-8-9-17)16-6-5-7-19(10-16)30-12-18(29)11-24-4/h5-7,10,17-18,24,29H,8-9,11-12H2,1-4H3,(H,25,26,27). The largest absolute Gasteiger partial charge is 0.491 e. The van der Waals surface area contributed by atoms with Crippen molar-refractivity contribution in [2.24, 2.45) is 0 Å². The van der Waals surface area contributed by atoms with Gasteiger partial charge in [0.25, 0.3) is 0 Å². The number of aliphatic hydroxyl groups excluding tert-OH is 1. The maximum Gasteiger partial charge on any atom is 0.162 e. The van der Waals surface area contributed by atoms with E-state index in [1.807, 2.05) is 45.0 Å². The Labute approximate surface area is 182 Å². The van der Waals surface area contributed by atoms with Crippen LogP contribution in [0.25, 0.3) is 22.6 Å². The molecule has 1 aromatic carbocycles. The van der Waals surface area contributed by atoms with Crippen molar-refractivity contribution in [2.45, 2.75) is 45.8 Å². The number of aryl methyl sites for hydroxylation is 2. The minimum atomic E-state index is -0.579. The predicted octanol–water partition coefficient (Wildman–Crippen LogP) is 3.26. The monoisotopic (exact) mass is 423 g/mol. The molecule has 1 aliphatic rings. The van der Waals surface area contributed by atoms with E-state index in [2.05, 4.69) is 15.8 Å². The zero-order valence-electron chi connectivity index (χ0n) is 18.4. The molecule has 164 valence electrons. The molecule has 4 rings (SSSR count). The summed E-state index contributed by atoms with van der Waals surface area (Å²) in [6.07, 6.45) is 1.72. The van der Waals surface area contributed by atoms with Crippen LogP contribution < -0.4 is 15.4 Å². The van der Waals surface area contributed by atoms with Crippen LogP contribution in [-0.2, 0) is 0 Å². The third-order valence-electron chi connectivity index (χ3n) is 5.31. The Morgan fingerprint density at radius 2 is 2.03 bits per heavy atom. The molecular formula is C23H29N5O3. The van der Waals surface area contributed by atoms with Gasteiger partial charge in [-0.1, -0.05) is 17.3 Å². The number of aliphatic hydroxyl groups is 1. The van der Waals surface area contributed by atoms with Crippen molar-refractivity contribution >= 4 is 5.82 Å². The van der Waals surface area contributed by atoms with Gasteiger partial charge in [0, 0.05) is 23.7 Å². The molecule has 3 aromatic rings. The van der Waals surface area contributed by atoms with E-state index in [4.69, 9.17) is 19.2 Å². The van der Waals surface area contributed by atoms with Crippen molar-refractivity contribution in [2.75, 3.05) is 25.5 Å². The lowest BCUT2D eigenvalue weighted by Gasteiger charge is -2.15. The number of ether oxygens (including phenoxy) is 1. The van der Waals surface area contributed by atoms with E-state index in [-0.39, 0.29) is 6.61 Å². The van der Waals surface area contributed by atoms with Gasteiger partial charge in [-0.15, -0.1) is 0 Å². The van der Waals surface area contributed by atoms with Crippen LogP contribution in [0.2, 0.25) is 0 Å². The third-order valence-corrected chi connectivity index (χ3v) is 5.31. The quantitative estimate of drug-likeness (QED) is 0.482. The smallest absolute Gasteiger partial charge is 0.162 e. The SMILES string of the molecule is CNCC(O)COc1cccc(-c2nc(NC3CC3)c(C)c(-c3c(C)noc3C)n2)c1. The Hall–Kier alpha value is -2.97. The van der Waals surface area contributed by atoms with Crippen LogP contribution in [0, 0.1) is 20.8 Å². The molecule has 1 saturated carbocycles. The van der Waals surface area contributed by atoms with Gasteiger partial charge in [-0.2, -0.15) is 0 Å². The maximum absolute atomic E-state index is 9.91. The van der Waals surface area contributed by atoms with Gasteiger partial charge in [0.05, 0.1) is 17.0 Å². The first kappa shape index (κ1) is 21.3. The Morgan fingerprint density at radius 1 is 1.23 bits per heavy atom. The summed E-state index contributed by atoms with van der Waals surface area (Å²) in [6.45, 7) is 6.52. The zero-order chi connectivity index (χ0) is 22.0. The highest BCUT2D eigenvalue weighted by Gasteiger charge is 2.25.